The van der Waals surface area contributed by atoms with E-state index in [1.165, 1.54) is 25.3 Å². The van der Waals surface area contributed by atoms with Crippen molar-refractivity contribution in [1.29, 1.82) is 0 Å². The second-order valence-corrected chi connectivity index (χ2v) is 5.55. The number of hydrogen-bond donors (Lipinski definition) is 2. The molecular formula is C19H16F4N2O4. The predicted octanol–water partition coefficient (Wildman–Crippen LogP) is 4.68. The quantitative estimate of drug-likeness (QED) is 0.425. The molecule has 0 aromatic heterocycles. The highest BCUT2D eigenvalue weighted by atomic mass is 19.4. The molecule has 2 rings (SSSR count). The maximum absolute atomic E-state index is 14.2. The molecule has 6 nitrogen and oxygen atoms in total. The molecule has 2 aromatic rings. The van der Waals surface area contributed by atoms with Gasteiger partial charge in [0.15, 0.2) is 0 Å². The summed E-state index contributed by atoms with van der Waals surface area (Å²) < 4.78 is 62.3. The van der Waals surface area contributed by atoms with Crippen molar-refractivity contribution in [2.45, 2.75) is 6.18 Å². The number of benzene rings is 2. The van der Waals surface area contributed by atoms with Crippen molar-refractivity contribution in [3.05, 3.63) is 59.4 Å². The second kappa shape index (κ2) is 9.09. The van der Waals surface area contributed by atoms with E-state index < -0.39 is 29.6 Å². The van der Waals surface area contributed by atoms with E-state index in [4.69, 9.17) is 4.74 Å². The Morgan fingerprint density at radius 1 is 1.07 bits per heavy atom. The fourth-order valence-corrected chi connectivity index (χ4v) is 2.29. The van der Waals surface area contributed by atoms with Crippen molar-refractivity contribution in [3.8, 4) is 5.75 Å². The SMILES string of the molecule is COC(=O)C=Cc1cccc(F)c1NC(=O)Nc1cc(C(F)(F)F)ccc1OC. The first-order valence-corrected chi connectivity index (χ1v) is 8.03. The highest BCUT2D eigenvalue weighted by Gasteiger charge is 2.31. The molecule has 0 atom stereocenters. The van der Waals surface area contributed by atoms with Crippen molar-refractivity contribution in [2.75, 3.05) is 24.9 Å². The van der Waals surface area contributed by atoms with Gasteiger partial charge in [-0.2, -0.15) is 13.2 Å². The van der Waals surface area contributed by atoms with Crippen molar-refractivity contribution in [1.82, 2.24) is 0 Å². The van der Waals surface area contributed by atoms with E-state index >= 15 is 0 Å². The van der Waals surface area contributed by atoms with E-state index in [1.807, 2.05) is 0 Å². The molecule has 2 N–H and O–H groups in total. The number of hydrogen-bond acceptors (Lipinski definition) is 4. The van der Waals surface area contributed by atoms with Crippen LogP contribution in [0.5, 0.6) is 5.75 Å². The maximum atomic E-state index is 14.2. The molecular weight excluding hydrogens is 396 g/mol. The number of esters is 1. The number of nitrogens with one attached hydrogen (secondary N) is 2. The lowest BCUT2D eigenvalue weighted by Crippen LogP contribution is -2.21. The van der Waals surface area contributed by atoms with Crippen LogP contribution in [0.15, 0.2) is 42.5 Å². The number of carbonyl (C=O) groups is 2. The zero-order valence-corrected chi connectivity index (χ0v) is 15.3. The third-order valence-corrected chi connectivity index (χ3v) is 3.66. The standard InChI is InChI=1S/C19H16F4N2O4/c1-28-15-8-7-12(19(21,22)23)10-14(15)24-18(27)25-17-11(4-3-5-13(17)20)6-9-16(26)29-2/h3-10H,1-2H3,(H2,24,25,27). The van der Waals surface area contributed by atoms with Gasteiger partial charge in [-0.1, -0.05) is 12.1 Å². The van der Waals surface area contributed by atoms with Gasteiger partial charge in [-0.05, 0) is 30.3 Å². The number of alkyl halides is 3. The van der Waals surface area contributed by atoms with Crippen LogP contribution in [0.3, 0.4) is 0 Å². The third-order valence-electron chi connectivity index (χ3n) is 3.66. The van der Waals surface area contributed by atoms with Gasteiger partial charge in [-0.15, -0.1) is 0 Å². The fourth-order valence-electron chi connectivity index (χ4n) is 2.29. The van der Waals surface area contributed by atoms with Crippen molar-refractivity contribution in [2.24, 2.45) is 0 Å². The van der Waals surface area contributed by atoms with Crippen LogP contribution in [-0.4, -0.2) is 26.2 Å². The molecule has 0 aliphatic carbocycles. The average molecular weight is 412 g/mol. The van der Waals surface area contributed by atoms with Gasteiger partial charge < -0.3 is 20.1 Å². The molecule has 0 radical (unpaired) electrons. The lowest BCUT2D eigenvalue weighted by atomic mass is 10.1. The Kier molecular flexibility index (Phi) is 6.81. The number of halogens is 4. The first kappa shape index (κ1) is 21.7. The molecule has 0 aliphatic rings. The predicted molar refractivity (Wildman–Crippen MR) is 98.1 cm³/mol. The highest BCUT2D eigenvalue weighted by Crippen LogP contribution is 2.35. The van der Waals surface area contributed by atoms with E-state index in [1.54, 1.807) is 0 Å². The minimum Gasteiger partial charge on any atom is -0.495 e. The number of anilines is 2. The van der Waals surface area contributed by atoms with Crippen molar-refractivity contribution in [3.63, 3.8) is 0 Å². The third kappa shape index (κ3) is 5.71. The van der Waals surface area contributed by atoms with E-state index in [9.17, 15) is 27.2 Å². The number of para-hydroxylation sites is 1. The highest BCUT2D eigenvalue weighted by molar-refractivity contribution is 6.02. The molecule has 2 amide bonds. The summed E-state index contributed by atoms with van der Waals surface area (Å²) in [5.41, 5.74) is -1.40. The van der Waals surface area contributed by atoms with Crippen molar-refractivity contribution >= 4 is 29.5 Å². The monoisotopic (exact) mass is 412 g/mol. The molecule has 0 fully saturated rings. The van der Waals surface area contributed by atoms with Gasteiger partial charge in [0.05, 0.1) is 31.2 Å². The molecule has 10 heteroatoms. The minimum atomic E-state index is -4.63. The van der Waals surface area contributed by atoms with Crippen LogP contribution in [0.4, 0.5) is 33.7 Å². The number of methoxy groups -OCH3 is 2. The molecule has 0 saturated carbocycles. The normalized spacial score (nSPS) is 11.2. The van der Waals surface area contributed by atoms with Crippen LogP contribution in [0.2, 0.25) is 0 Å². The van der Waals surface area contributed by atoms with E-state index in [0.29, 0.717) is 6.07 Å². The largest absolute Gasteiger partial charge is 0.495 e. The number of urea groups is 1. The molecule has 29 heavy (non-hydrogen) atoms. The van der Waals surface area contributed by atoms with E-state index in [2.05, 4.69) is 15.4 Å². The fraction of sp³-hybridized carbons (Fsp3) is 0.158. The van der Waals surface area contributed by atoms with Gasteiger partial charge >= 0.3 is 18.2 Å². The summed E-state index contributed by atoms with van der Waals surface area (Å²) in [6, 6.07) is 5.36. The molecule has 154 valence electrons. The van der Waals surface area contributed by atoms with Gasteiger partial charge in [-0.25, -0.2) is 14.0 Å². The Hall–Kier alpha value is -3.56. The topological polar surface area (TPSA) is 76.7 Å². The summed E-state index contributed by atoms with van der Waals surface area (Å²) >= 11 is 0. The average Bonchev–Trinajstić information content (AvgIpc) is 2.67. The maximum Gasteiger partial charge on any atom is 0.416 e. The Morgan fingerprint density at radius 3 is 2.41 bits per heavy atom. The zero-order valence-electron chi connectivity index (χ0n) is 15.3. The summed E-state index contributed by atoms with van der Waals surface area (Å²) in [6.07, 6.45) is -2.39. The minimum absolute atomic E-state index is 0.0208. The Balaban J connectivity index is 2.28. The second-order valence-electron chi connectivity index (χ2n) is 5.55. The molecule has 0 heterocycles. The molecule has 0 spiro atoms. The van der Waals surface area contributed by atoms with Gasteiger partial charge in [0.1, 0.15) is 11.6 Å². The summed E-state index contributed by atoms with van der Waals surface area (Å²) in [5.74, 6) is -1.53. The van der Waals surface area contributed by atoms with E-state index in [0.717, 1.165) is 31.4 Å². The molecule has 0 saturated heterocycles. The number of rotatable bonds is 5. The zero-order chi connectivity index (χ0) is 21.6. The van der Waals surface area contributed by atoms with Crippen LogP contribution in [0.1, 0.15) is 11.1 Å². The first-order valence-electron chi connectivity index (χ1n) is 8.03. The molecule has 0 unspecified atom stereocenters. The smallest absolute Gasteiger partial charge is 0.416 e. The number of amides is 2. The van der Waals surface area contributed by atoms with Crippen LogP contribution in [-0.2, 0) is 15.7 Å². The lowest BCUT2D eigenvalue weighted by molar-refractivity contribution is -0.137. The van der Waals surface area contributed by atoms with Crippen molar-refractivity contribution < 1.29 is 36.6 Å². The molecule has 2 aromatic carbocycles. The Labute approximate surface area is 163 Å². The number of carbonyl (C=O) groups excluding carboxylic acids is 2. The Bertz CT molecular complexity index is 942. The van der Waals surface area contributed by atoms with Crippen LogP contribution < -0.4 is 15.4 Å². The summed E-state index contributed by atoms with van der Waals surface area (Å²) in [6.45, 7) is 0. The number of ether oxygens (including phenoxy) is 2. The van der Waals surface area contributed by atoms with E-state index in [-0.39, 0.29) is 22.7 Å². The summed E-state index contributed by atoms with van der Waals surface area (Å²) in [5, 5.41) is 4.41. The summed E-state index contributed by atoms with van der Waals surface area (Å²) in [4.78, 5) is 23.5. The summed E-state index contributed by atoms with van der Waals surface area (Å²) in [7, 11) is 2.38. The van der Waals surface area contributed by atoms with Gasteiger partial charge in [0.25, 0.3) is 0 Å². The van der Waals surface area contributed by atoms with Gasteiger partial charge in [0, 0.05) is 11.6 Å². The first-order chi connectivity index (χ1) is 13.7. The van der Waals surface area contributed by atoms with Crippen LogP contribution >= 0.6 is 0 Å². The lowest BCUT2D eigenvalue weighted by Gasteiger charge is -2.15. The van der Waals surface area contributed by atoms with Crippen LogP contribution in [0.25, 0.3) is 6.08 Å². The Morgan fingerprint density at radius 2 is 1.79 bits per heavy atom. The molecule has 0 aliphatic heterocycles. The van der Waals surface area contributed by atoms with Gasteiger partial charge in [-0.3, -0.25) is 0 Å². The molecule has 0 bridgehead atoms. The van der Waals surface area contributed by atoms with Crippen LogP contribution in [0, 0.1) is 5.82 Å². The van der Waals surface area contributed by atoms with Gasteiger partial charge in [0.2, 0.25) is 0 Å².